The van der Waals surface area contributed by atoms with Crippen molar-refractivity contribution in [1.82, 2.24) is 5.32 Å². The Kier molecular flexibility index (Phi) is 17.4. The highest BCUT2D eigenvalue weighted by molar-refractivity contribution is 5.84. The summed E-state index contributed by atoms with van der Waals surface area (Å²) in [6.07, 6.45) is -23.4. The van der Waals surface area contributed by atoms with Crippen molar-refractivity contribution in [3.8, 4) is 0 Å². The van der Waals surface area contributed by atoms with Crippen LogP contribution in [0.1, 0.15) is 45.4 Å². The molecule has 0 aromatic rings. The SMILES string of the molecule is CC(=O)CNC(=O)CCCCC(=O)CCCO[C@H]1O[C@H](CO[C@H]2O[C@H](CO)[C@@H](O)[C@H](O)[C@@H]2O)[C@@H](O)[C@H](O[C@H]2O[C@H](CO)[C@@H](O)[C@H](O)[C@@H]2O)[C@@H]1O. The first-order chi connectivity index (χ1) is 23.7. The second-order valence-corrected chi connectivity index (χ2v) is 12.6. The van der Waals surface area contributed by atoms with Gasteiger partial charge >= 0.3 is 0 Å². The number of hydrogen-bond donors (Lipinski definition) is 11. The lowest BCUT2D eigenvalue weighted by Gasteiger charge is -2.46. The Morgan fingerprint density at radius 2 is 1.12 bits per heavy atom. The van der Waals surface area contributed by atoms with Crippen molar-refractivity contribution >= 4 is 17.5 Å². The van der Waals surface area contributed by atoms with Crippen LogP contribution < -0.4 is 5.32 Å². The maximum Gasteiger partial charge on any atom is 0.220 e. The zero-order valence-electron chi connectivity index (χ0n) is 27.6. The maximum atomic E-state index is 12.3. The number of aliphatic hydroxyl groups excluding tert-OH is 10. The largest absolute Gasteiger partial charge is 0.394 e. The molecule has 3 rings (SSSR count). The number of ether oxygens (including phenoxy) is 6. The Bertz CT molecular complexity index is 1070. The first-order valence-corrected chi connectivity index (χ1v) is 16.5. The maximum absolute atomic E-state index is 12.3. The molecule has 20 heteroatoms. The molecule has 15 atom stereocenters. The summed E-state index contributed by atoms with van der Waals surface area (Å²) in [5.41, 5.74) is 0. The van der Waals surface area contributed by atoms with Gasteiger partial charge in [0.1, 0.15) is 84.8 Å². The van der Waals surface area contributed by atoms with Gasteiger partial charge < -0.3 is 84.8 Å². The molecule has 3 saturated heterocycles. The highest BCUT2D eigenvalue weighted by atomic mass is 16.7. The number of amides is 1. The smallest absolute Gasteiger partial charge is 0.220 e. The van der Waals surface area contributed by atoms with E-state index < -0.39 is 112 Å². The lowest BCUT2D eigenvalue weighted by atomic mass is 9.96. The van der Waals surface area contributed by atoms with E-state index >= 15 is 0 Å². The molecule has 0 spiro atoms. The molecule has 0 unspecified atom stereocenters. The summed E-state index contributed by atoms with van der Waals surface area (Å²) in [6.45, 7) is -0.958. The van der Waals surface area contributed by atoms with Crippen LogP contribution in [0.4, 0.5) is 0 Å². The fourth-order valence-electron chi connectivity index (χ4n) is 5.58. The van der Waals surface area contributed by atoms with Crippen molar-refractivity contribution in [2.75, 3.05) is 33.0 Å². The van der Waals surface area contributed by atoms with E-state index in [0.29, 0.717) is 12.8 Å². The van der Waals surface area contributed by atoms with Crippen LogP contribution in [0.5, 0.6) is 0 Å². The summed E-state index contributed by atoms with van der Waals surface area (Å²) < 4.78 is 33.2. The quantitative estimate of drug-likeness (QED) is 0.0551. The predicted octanol–water partition coefficient (Wildman–Crippen LogP) is -5.93. The average molecular weight is 730 g/mol. The average Bonchev–Trinajstić information content (AvgIpc) is 3.09. The second-order valence-electron chi connectivity index (χ2n) is 12.6. The standard InChI is InChI=1S/C30H51NO19/c1-13(34)9-31-18(36)7-3-2-5-14(35)6-4-8-45-29-26(44)27(50-30-25(43)23(41)20(38)16(11-33)48-30)21(39)17(49-29)12-46-28-24(42)22(40)19(37)15(10-32)47-28/h15-17,19-30,32-33,37-44H,2-12H2,1H3,(H,31,36)/t15-,16-,17-,19-,20-,21-,22+,23+,24+,25+,26+,27+,28+,29+,30-/m1/s1. The Hall–Kier alpha value is -1.83. The third-order valence-electron chi connectivity index (χ3n) is 8.58. The van der Waals surface area contributed by atoms with Gasteiger partial charge in [0.25, 0.3) is 0 Å². The van der Waals surface area contributed by atoms with Gasteiger partial charge in [-0.2, -0.15) is 0 Å². The third kappa shape index (κ3) is 11.6. The molecule has 20 nitrogen and oxygen atoms in total. The van der Waals surface area contributed by atoms with Crippen LogP contribution in [0.3, 0.4) is 0 Å². The highest BCUT2D eigenvalue weighted by Gasteiger charge is 2.52. The summed E-state index contributed by atoms with van der Waals surface area (Å²) in [7, 11) is 0. The molecule has 0 aromatic heterocycles. The van der Waals surface area contributed by atoms with Gasteiger partial charge in [-0.3, -0.25) is 14.4 Å². The van der Waals surface area contributed by atoms with Gasteiger partial charge in [-0.25, -0.2) is 0 Å². The van der Waals surface area contributed by atoms with Gasteiger partial charge in [0.2, 0.25) is 5.91 Å². The van der Waals surface area contributed by atoms with Gasteiger partial charge in [-0.15, -0.1) is 0 Å². The van der Waals surface area contributed by atoms with E-state index in [1.165, 1.54) is 6.92 Å². The van der Waals surface area contributed by atoms with Crippen LogP contribution in [0.15, 0.2) is 0 Å². The fourth-order valence-corrected chi connectivity index (χ4v) is 5.58. The molecule has 0 radical (unpaired) electrons. The number of aliphatic hydroxyl groups is 10. The lowest BCUT2D eigenvalue weighted by Crippen LogP contribution is -2.65. The molecule has 3 aliphatic rings. The normalized spacial score (nSPS) is 39.2. The molecular formula is C30H51NO19. The van der Waals surface area contributed by atoms with Gasteiger partial charge in [-0.1, -0.05) is 0 Å². The number of carbonyl (C=O) groups is 3. The number of nitrogens with one attached hydrogen (secondary N) is 1. The first kappa shape index (κ1) is 42.6. The molecule has 0 bridgehead atoms. The summed E-state index contributed by atoms with van der Waals surface area (Å²) in [6, 6.07) is 0. The van der Waals surface area contributed by atoms with Crippen molar-refractivity contribution in [3.05, 3.63) is 0 Å². The Labute approximate surface area is 287 Å². The zero-order valence-corrected chi connectivity index (χ0v) is 27.6. The van der Waals surface area contributed by atoms with E-state index in [9.17, 15) is 65.4 Å². The molecule has 0 aromatic carbocycles. The lowest BCUT2D eigenvalue weighted by molar-refractivity contribution is -0.366. The topological polar surface area (TPSA) is 321 Å². The van der Waals surface area contributed by atoms with E-state index in [4.69, 9.17) is 28.4 Å². The Morgan fingerprint density at radius 1 is 0.600 bits per heavy atom. The second kappa shape index (κ2) is 20.4. The molecule has 290 valence electrons. The van der Waals surface area contributed by atoms with Crippen LogP contribution in [0.2, 0.25) is 0 Å². The van der Waals surface area contributed by atoms with Crippen molar-refractivity contribution in [1.29, 1.82) is 0 Å². The number of Topliss-reactive ketones (excluding diaryl/α,β-unsaturated/α-hetero) is 2. The number of rotatable bonds is 19. The number of ketones is 2. The molecule has 0 aliphatic carbocycles. The predicted molar refractivity (Wildman–Crippen MR) is 161 cm³/mol. The minimum atomic E-state index is -1.89. The summed E-state index contributed by atoms with van der Waals surface area (Å²) in [5, 5.41) is 105. The minimum absolute atomic E-state index is 0.0528. The van der Waals surface area contributed by atoms with E-state index in [-0.39, 0.29) is 56.3 Å². The molecule has 3 fully saturated rings. The van der Waals surface area contributed by atoms with Crippen LogP contribution in [0.25, 0.3) is 0 Å². The molecule has 3 heterocycles. The summed E-state index contributed by atoms with van der Waals surface area (Å²) in [5.74, 6) is -0.581. The fraction of sp³-hybridized carbons (Fsp3) is 0.900. The van der Waals surface area contributed by atoms with Gasteiger partial charge in [0.05, 0.1) is 33.0 Å². The zero-order chi connectivity index (χ0) is 37.1. The monoisotopic (exact) mass is 729 g/mol. The third-order valence-corrected chi connectivity index (χ3v) is 8.58. The first-order valence-electron chi connectivity index (χ1n) is 16.5. The summed E-state index contributed by atoms with van der Waals surface area (Å²) in [4.78, 5) is 35.0. The number of unbranched alkanes of at least 4 members (excludes halogenated alkanes) is 1. The van der Waals surface area contributed by atoms with Crippen LogP contribution in [-0.4, -0.2) is 194 Å². The van der Waals surface area contributed by atoms with Crippen LogP contribution >= 0.6 is 0 Å². The van der Waals surface area contributed by atoms with Crippen molar-refractivity contribution in [2.24, 2.45) is 0 Å². The minimum Gasteiger partial charge on any atom is -0.394 e. The van der Waals surface area contributed by atoms with E-state index in [2.05, 4.69) is 5.32 Å². The summed E-state index contributed by atoms with van der Waals surface area (Å²) >= 11 is 0. The van der Waals surface area contributed by atoms with Gasteiger partial charge in [0.15, 0.2) is 18.9 Å². The Morgan fingerprint density at radius 3 is 1.72 bits per heavy atom. The van der Waals surface area contributed by atoms with E-state index in [0.717, 1.165) is 0 Å². The van der Waals surface area contributed by atoms with Crippen molar-refractivity contribution < 1.29 is 93.9 Å². The number of carbonyl (C=O) groups excluding carboxylic acids is 3. The van der Waals surface area contributed by atoms with Crippen molar-refractivity contribution in [2.45, 2.75) is 138 Å². The molecule has 0 saturated carbocycles. The van der Waals surface area contributed by atoms with Gasteiger partial charge in [0, 0.05) is 19.3 Å². The van der Waals surface area contributed by atoms with Gasteiger partial charge in [-0.05, 0) is 26.2 Å². The molecule has 50 heavy (non-hydrogen) atoms. The van der Waals surface area contributed by atoms with Crippen LogP contribution in [0, 0.1) is 0 Å². The molecule has 3 aliphatic heterocycles. The highest BCUT2D eigenvalue weighted by Crippen LogP contribution is 2.31. The van der Waals surface area contributed by atoms with Crippen LogP contribution in [-0.2, 0) is 42.8 Å². The van der Waals surface area contributed by atoms with Crippen molar-refractivity contribution in [3.63, 3.8) is 0 Å². The molecule has 11 N–H and O–H groups in total. The Balaban J connectivity index is 1.60. The molecular weight excluding hydrogens is 678 g/mol. The van der Waals surface area contributed by atoms with E-state index in [1.54, 1.807) is 0 Å². The van der Waals surface area contributed by atoms with E-state index in [1.807, 2.05) is 0 Å². The number of hydrogen-bond acceptors (Lipinski definition) is 19. The molecule has 1 amide bonds.